The van der Waals surface area contributed by atoms with Crippen molar-refractivity contribution in [2.75, 3.05) is 25.5 Å². The van der Waals surface area contributed by atoms with Crippen LogP contribution in [-0.2, 0) is 10.2 Å². The molecule has 5 rings (SSSR count). The van der Waals surface area contributed by atoms with Gasteiger partial charge in [-0.25, -0.2) is 0 Å². The zero-order valence-electron chi connectivity index (χ0n) is 14.2. The van der Waals surface area contributed by atoms with Crippen molar-refractivity contribution in [3.8, 4) is 0 Å². The molecule has 0 aromatic heterocycles. The number of rotatable bonds is 1. The van der Waals surface area contributed by atoms with E-state index in [1.165, 1.54) is 29.1 Å². The number of piperidine rings is 1. The number of nitrogens with one attached hydrogen (secondary N) is 1. The van der Waals surface area contributed by atoms with Crippen LogP contribution in [0.1, 0.15) is 25.3 Å². The molecule has 2 saturated heterocycles. The molecule has 4 aliphatic rings. The average molecular weight is 434 g/mol. The maximum Gasteiger partial charge on any atom is 0.148 e. The summed E-state index contributed by atoms with van der Waals surface area (Å²) in [4.78, 5) is 12.0. The minimum absolute atomic E-state index is 0. The van der Waals surface area contributed by atoms with E-state index < -0.39 is 0 Å². The van der Waals surface area contributed by atoms with E-state index in [-0.39, 0.29) is 29.4 Å². The molecule has 3 heterocycles. The molecule has 3 nitrogen and oxygen atoms in total. The van der Waals surface area contributed by atoms with E-state index in [4.69, 9.17) is 0 Å². The SMILES string of the molecule is C/C=C1\C[N+]2(C)CCC34C(=C(C=O)C1CC32)Nc1ccccc14.[I-]. The summed E-state index contributed by atoms with van der Waals surface area (Å²) in [6.45, 7) is 4.42. The number of anilines is 1. The number of aldehydes is 1. The second-order valence-electron chi connectivity index (χ2n) is 7.87. The van der Waals surface area contributed by atoms with Crippen LogP contribution in [0.25, 0.3) is 0 Å². The number of carbonyl (C=O) groups is 1. The summed E-state index contributed by atoms with van der Waals surface area (Å²) in [6, 6.07) is 9.27. The molecule has 126 valence electrons. The van der Waals surface area contributed by atoms with E-state index in [1.54, 1.807) is 0 Å². The lowest BCUT2D eigenvalue weighted by Crippen LogP contribution is -3.00. The van der Waals surface area contributed by atoms with E-state index in [1.807, 2.05) is 0 Å². The van der Waals surface area contributed by atoms with Gasteiger partial charge in [-0.15, -0.1) is 0 Å². The van der Waals surface area contributed by atoms with Crippen LogP contribution in [0.15, 0.2) is 47.2 Å². The van der Waals surface area contributed by atoms with Crippen LogP contribution < -0.4 is 29.3 Å². The molecule has 4 unspecified atom stereocenters. The monoisotopic (exact) mass is 434 g/mol. The number of hydrogen-bond donors (Lipinski definition) is 1. The van der Waals surface area contributed by atoms with Crippen molar-refractivity contribution in [2.24, 2.45) is 5.92 Å². The predicted molar refractivity (Wildman–Crippen MR) is 91.0 cm³/mol. The smallest absolute Gasteiger partial charge is 0.148 e. The fourth-order valence-corrected chi connectivity index (χ4v) is 6.07. The minimum Gasteiger partial charge on any atom is -1.00 e. The molecule has 0 amide bonds. The maximum atomic E-state index is 12.0. The largest absolute Gasteiger partial charge is 1.00 e. The third-order valence-electron chi connectivity index (χ3n) is 7.06. The van der Waals surface area contributed by atoms with Gasteiger partial charge in [0, 0.05) is 35.7 Å². The molecule has 1 aromatic carbocycles. The summed E-state index contributed by atoms with van der Waals surface area (Å²) in [5, 5.41) is 3.66. The van der Waals surface area contributed by atoms with Gasteiger partial charge in [0.05, 0.1) is 19.0 Å². The number of fused-ring (bicyclic) bond motifs is 2. The van der Waals surface area contributed by atoms with E-state index in [2.05, 4.69) is 49.6 Å². The van der Waals surface area contributed by atoms with Crippen molar-refractivity contribution in [1.29, 1.82) is 0 Å². The molecule has 1 aromatic rings. The van der Waals surface area contributed by atoms with Gasteiger partial charge in [0.1, 0.15) is 18.9 Å². The van der Waals surface area contributed by atoms with Crippen molar-refractivity contribution >= 4 is 12.0 Å². The van der Waals surface area contributed by atoms with Gasteiger partial charge in [-0.1, -0.05) is 24.3 Å². The molecular formula is C20H23IN2O. The van der Waals surface area contributed by atoms with Crippen molar-refractivity contribution in [3.05, 3.63) is 52.7 Å². The number of benzene rings is 1. The standard InChI is InChI=1S/C20H22N2O.HI/c1-3-13-11-22(2)9-8-20-16-6-4-5-7-17(16)21-19(20)15(12-23)14(13)10-18(20)22;/h3-7,12,14,18H,8-11H2,1-2H3;1H/b13-3+;. The first kappa shape index (κ1) is 16.3. The number of nitrogens with zero attached hydrogens (tertiary/aromatic N) is 1. The predicted octanol–water partition coefficient (Wildman–Crippen LogP) is 0.00560. The van der Waals surface area contributed by atoms with Gasteiger partial charge in [0.25, 0.3) is 0 Å². The zero-order chi connectivity index (χ0) is 15.8. The molecule has 4 heteroatoms. The van der Waals surface area contributed by atoms with E-state index in [0.717, 1.165) is 35.7 Å². The van der Waals surface area contributed by atoms with Gasteiger partial charge in [-0.2, -0.15) is 0 Å². The van der Waals surface area contributed by atoms with Gasteiger partial charge in [0.15, 0.2) is 0 Å². The lowest BCUT2D eigenvalue weighted by molar-refractivity contribution is -0.923. The number of allylic oxidation sites excluding steroid dienone is 2. The second kappa shape index (κ2) is 5.18. The molecule has 0 saturated carbocycles. The number of hydrogen-bond acceptors (Lipinski definition) is 2. The first-order valence-electron chi connectivity index (χ1n) is 8.70. The highest BCUT2D eigenvalue weighted by Crippen LogP contribution is 2.62. The summed E-state index contributed by atoms with van der Waals surface area (Å²) >= 11 is 0. The Morgan fingerprint density at radius 2 is 2.12 bits per heavy atom. The van der Waals surface area contributed by atoms with Crippen LogP contribution in [0.2, 0.25) is 0 Å². The third-order valence-corrected chi connectivity index (χ3v) is 7.06. The number of quaternary nitrogens is 1. The molecule has 1 spiro atoms. The number of para-hydroxylation sites is 1. The number of halogens is 1. The van der Waals surface area contributed by atoms with Crippen LogP contribution in [-0.4, -0.2) is 36.9 Å². The minimum atomic E-state index is 0. The fourth-order valence-electron chi connectivity index (χ4n) is 6.07. The molecular weight excluding hydrogens is 411 g/mol. The Morgan fingerprint density at radius 3 is 2.88 bits per heavy atom. The second-order valence-corrected chi connectivity index (χ2v) is 7.87. The molecule has 4 atom stereocenters. The lowest BCUT2D eigenvalue weighted by Gasteiger charge is -2.51. The topological polar surface area (TPSA) is 29.1 Å². The van der Waals surface area contributed by atoms with Crippen molar-refractivity contribution < 1.29 is 33.3 Å². The van der Waals surface area contributed by atoms with Gasteiger partial charge >= 0.3 is 0 Å². The van der Waals surface area contributed by atoms with Crippen molar-refractivity contribution in [3.63, 3.8) is 0 Å². The first-order valence-corrected chi connectivity index (χ1v) is 8.70. The van der Waals surface area contributed by atoms with Crippen LogP contribution in [0.3, 0.4) is 0 Å². The van der Waals surface area contributed by atoms with Crippen molar-refractivity contribution in [1.82, 2.24) is 0 Å². The van der Waals surface area contributed by atoms with E-state index >= 15 is 0 Å². The molecule has 24 heavy (non-hydrogen) atoms. The summed E-state index contributed by atoms with van der Waals surface area (Å²) < 4.78 is 1.13. The Morgan fingerprint density at radius 1 is 1.33 bits per heavy atom. The highest BCUT2D eigenvalue weighted by Gasteiger charge is 2.67. The Labute approximate surface area is 160 Å². The highest BCUT2D eigenvalue weighted by atomic mass is 127. The Balaban J connectivity index is 0.00000146. The van der Waals surface area contributed by atoms with Crippen molar-refractivity contribution in [2.45, 2.75) is 31.2 Å². The van der Waals surface area contributed by atoms with Crippen LogP contribution >= 0.6 is 0 Å². The maximum absolute atomic E-state index is 12.0. The van der Waals surface area contributed by atoms with Gasteiger partial charge in [-0.05, 0) is 24.1 Å². The van der Waals surface area contributed by atoms with Gasteiger partial charge in [-0.3, -0.25) is 4.79 Å². The summed E-state index contributed by atoms with van der Waals surface area (Å²) in [5.41, 5.74) is 6.35. The van der Waals surface area contributed by atoms with Gasteiger partial charge < -0.3 is 33.8 Å². The van der Waals surface area contributed by atoms with Crippen LogP contribution in [0.4, 0.5) is 5.69 Å². The molecule has 3 aliphatic heterocycles. The lowest BCUT2D eigenvalue weighted by atomic mass is 9.61. The van der Waals surface area contributed by atoms with Crippen LogP contribution in [0, 0.1) is 5.92 Å². The average Bonchev–Trinajstić information content (AvgIpc) is 3.08. The summed E-state index contributed by atoms with van der Waals surface area (Å²) in [5.74, 6) is 0.316. The molecule has 2 fully saturated rings. The summed E-state index contributed by atoms with van der Waals surface area (Å²) in [6.07, 6.45) is 5.65. The first-order chi connectivity index (χ1) is 11.1. The molecule has 2 bridgehead atoms. The number of likely N-dealkylation sites (N-methyl/N-ethyl adjacent to an activating group) is 1. The zero-order valence-corrected chi connectivity index (χ0v) is 16.3. The molecule has 1 N–H and O–H groups in total. The third kappa shape index (κ3) is 1.69. The Bertz CT molecular complexity index is 799. The number of carbonyl (C=O) groups excluding carboxylic acids is 1. The highest BCUT2D eigenvalue weighted by molar-refractivity contribution is 5.84. The molecule has 1 aliphatic carbocycles. The summed E-state index contributed by atoms with van der Waals surface area (Å²) in [7, 11) is 2.42. The Hall–Kier alpha value is -1.14. The van der Waals surface area contributed by atoms with Crippen LogP contribution in [0.5, 0.6) is 0 Å². The molecule has 0 radical (unpaired) electrons. The van der Waals surface area contributed by atoms with E-state index in [9.17, 15) is 4.79 Å². The fraction of sp³-hybridized carbons (Fsp3) is 0.450. The quantitative estimate of drug-likeness (QED) is 0.292. The van der Waals surface area contributed by atoms with E-state index in [0.29, 0.717) is 12.0 Å². The Kier molecular flexibility index (Phi) is 3.52. The normalized spacial score (nSPS) is 39.8. The van der Waals surface area contributed by atoms with Gasteiger partial charge in [0.2, 0.25) is 0 Å².